The van der Waals surface area contributed by atoms with E-state index in [4.69, 9.17) is 0 Å². The van der Waals surface area contributed by atoms with Gasteiger partial charge in [0.15, 0.2) is 0 Å². The van der Waals surface area contributed by atoms with Crippen molar-refractivity contribution < 1.29 is 17.9 Å². The second kappa shape index (κ2) is 8.10. The van der Waals surface area contributed by atoms with Crippen molar-refractivity contribution in [3.05, 3.63) is 78.0 Å². The summed E-state index contributed by atoms with van der Waals surface area (Å²) in [6.07, 6.45) is 1.52. The fraction of sp³-hybridized carbons (Fsp3) is 0.100. The summed E-state index contributed by atoms with van der Waals surface area (Å²) in [5, 5.41) is 3.12. The number of carbonyl (C=O) groups is 1. The number of sulfonamides is 1. The molecule has 7 nitrogen and oxygen atoms in total. The fourth-order valence-electron chi connectivity index (χ4n) is 2.42. The molecule has 0 aliphatic rings. The largest absolute Gasteiger partial charge is 0.465 e. The van der Waals surface area contributed by atoms with Gasteiger partial charge in [-0.05, 0) is 55.5 Å². The van der Waals surface area contributed by atoms with Crippen LogP contribution in [0.25, 0.3) is 0 Å². The Kier molecular flexibility index (Phi) is 5.60. The molecule has 1 heterocycles. The van der Waals surface area contributed by atoms with Crippen molar-refractivity contribution >= 4 is 33.2 Å². The Balaban J connectivity index is 1.68. The topological polar surface area (TPSA) is 97.4 Å². The van der Waals surface area contributed by atoms with Crippen LogP contribution < -0.4 is 10.0 Å². The average Bonchev–Trinajstić information content (AvgIpc) is 2.69. The van der Waals surface area contributed by atoms with Crippen molar-refractivity contribution in [3.8, 4) is 0 Å². The third-order valence-electron chi connectivity index (χ3n) is 3.93. The highest BCUT2D eigenvalue weighted by molar-refractivity contribution is 7.92. The van der Waals surface area contributed by atoms with Gasteiger partial charge in [0.2, 0.25) is 0 Å². The number of benzene rings is 2. The van der Waals surface area contributed by atoms with Gasteiger partial charge < -0.3 is 10.1 Å². The van der Waals surface area contributed by atoms with Gasteiger partial charge in [0.05, 0.1) is 29.5 Å². The standard InChI is InChI=1S/C20H19N3O4S/c1-14-3-10-18(11-4-14)28(25,26)23-19-12-9-17(13-21-19)22-16-7-5-15(6-8-16)20(24)27-2/h3-13,22H,1-2H3,(H,21,23). The van der Waals surface area contributed by atoms with Crippen LogP contribution in [0.5, 0.6) is 0 Å². The molecular weight excluding hydrogens is 378 g/mol. The van der Waals surface area contributed by atoms with E-state index in [1.165, 1.54) is 13.3 Å². The molecule has 3 aromatic rings. The number of rotatable bonds is 6. The smallest absolute Gasteiger partial charge is 0.337 e. The number of anilines is 3. The van der Waals surface area contributed by atoms with Gasteiger partial charge in [-0.1, -0.05) is 17.7 Å². The number of hydrogen-bond acceptors (Lipinski definition) is 6. The maximum absolute atomic E-state index is 12.4. The summed E-state index contributed by atoms with van der Waals surface area (Å²) in [6.45, 7) is 1.89. The van der Waals surface area contributed by atoms with Gasteiger partial charge in [0, 0.05) is 5.69 Å². The van der Waals surface area contributed by atoms with Crippen LogP contribution in [-0.4, -0.2) is 26.5 Å². The van der Waals surface area contributed by atoms with E-state index in [1.807, 2.05) is 6.92 Å². The van der Waals surface area contributed by atoms with E-state index in [9.17, 15) is 13.2 Å². The van der Waals surface area contributed by atoms with Crippen molar-refractivity contribution in [1.82, 2.24) is 4.98 Å². The Morgan fingerprint density at radius 1 is 0.929 bits per heavy atom. The van der Waals surface area contributed by atoms with Crippen molar-refractivity contribution in [3.63, 3.8) is 0 Å². The van der Waals surface area contributed by atoms with Gasteiger partial charge in [0.25, 0.3) is 10.0 Å². The first-order valence-electron chi connectivity index (χ1n) is 8.38. The lowest BCUT2D eigenvalue weighted by atomic mass is 10.2. The second-order valence-electron chi connectivity index (χ2n) is 6.04. The van der Waals surface area contributed by atoms with Crippen molar-refractivity contribution in [2.24, 2.45) is 0 Å². The molecule has 0 saturated heterocycles. The number of ether oxygens (including phenoxy) is 1. The molecule has 0 aliphatic carbocycles. The van der Waals surface area contributed by atoms with Crippen LogP contribution in [0.2, 0.25) is 0 Å². The van der Waals surface area contributed by atoms with Gasteiger partial charge in [-0.2, -0.15) is 0 Å². The van der Waals surface area contributed by atoms with E-state index in [2.05, 4.69) is 19.8 Å². The molecule has 144 valence electrons. The maximum Gasteiger partial charge on any atom is 0.337 e. The van der Waals surface area contributed by atoms with Crippen LogP contribution in [-0.2, 0) is 14.8 Å². The number of carbonyl (C=O) groups excluding carboxylic acids is 1. The Bertz CT molecular complexity index is 1060. The number of aryl methyl sites for hydroxylation is 1. The highest BCUT2D eigenvalue weighted by Gasteiger charge is 2.14. The summed E-state index contributed by atoms with van der Waals surface area (Å²) in [5.74, 6) is -0.189. The minimum Gasteiger partial charge on any atom is -0.465 e. The molecule has 28 heavy (non-hydrogen) atoms. The monoisotopic (exact) mass is 397 g/mol. The fourth-order valence-corrected chi connectivity index (χ4v) is 3.42. The third-order valence-corrected chi connectivity index (χ3v) is 5.30. The molecule has 8 heteroatoms. The minimum atomic E-state index is -3.69. The number of methoxy groups -OCH3 is 1. The molecular formula is C20H19N3O4S. The number of pyridine rings is 1. The zero-order chi connectivity index (χ0) is 20.1. The van der Waals surface area contributed by atoms with Crippen LogP contribution in [0.1, 0.15) is 15.9 Å². The Hall–Kier alpha value is -3.39. The molecule has 3 rings (SSSR count). The molecule has 0 radical (unpaired) electrons. The van der Waals surface area contributed by atoms with Crippen LogP contribution in [0, 0.1) is 6.92 Å². The van der Waals surface area contributed by atoms with Gasteiger partial charge in [-0.15, -0.1) is 0 Å². The number of aromatic nitrogens is 1. The van der Waals surface area contributed by atoms with E-state index in [-0.39, 0.29) is 10.7 Å². The predicted molar refractivity (Wildman–Crippen MR) is 107 cm³/mol. The lowest BCUT2D eigenvalue weighted by Gasteiger charge is -2.10. The molecule has 1 aromatic heterocycles. The van der Waals surface area contributed by atoms with Gasteiger partial charge >= 0.3 is 5.97 Å². The molecule has 0 atom stereocenters. The van der Waals surface area contributed by atoms with Crippen LogP contribution in [0.3, 0.4) is 0 Å². The lowest BCUT2D eigenvalue weighted by Crippen LogP contribution is -2.13. The summed E-state index contributed by atoms with van der Waals surface area (Å²) < 4.78 is 31.9. The molecule has 0 saturated carbocycles. The number of nitrogens with zero attached hydrogens (tertiary/aromatic N) is 1. The Morgan fingerprint density at radius 3 is 2.14 bits per heavy atom. The molecule has 0 fully saturated rings. The molecule has 2 N–H and O–H groups in total. The van der Waals surface area contributed by atoms with E-state index < -0.39 is 16.0 Å². The normalized spacial score (nSPS) is 10.9. The number of hydrogen-bond donors (Lipinski definition) is 2. The molecule has 0 bridgehead atoms. The maximum atomic E-state index is 12.4. The SMILES string of the molecule is COC(=O)c1ccc(Nc2ccc(NS(=O)(=O)c3ccc(C)cc3)nc2)cc1. The zero-order valence-electron chi connectivity index (χ0n) is 15.3. The molecule has 0 unspecified atom stereocenters. The summed E-state index contributed by atoms with van der Waals surface area (Å²) in [7, 11) is -2.37. The van der Waals surface area contributed by atoms with Crippen LogP contribution in [0.15, 0.2) is 71.8 Å². The Labute approximate surface area is 163 Å². The van der Waals surface area contributed by atoms with Gasteiger partial charge in [-0.25, -0.2) is 18.2 Å². The zero-order valence-corrected chi connectivity index (χ0v) is 16.2. The second-order valence-corrected chi connectivity index (χ2v) is 7.73. The predicted octanol–water partition coefficient (Wildman–Crippen LogP) is 3.72. The van der Waals surface area contributed by atoms with E-state index in [0.717, 1.165) is 11.3 Å². The molecule has 0 aliphatic heterocycles. The summed E-state index contributed by atoms with van der Waals surface area (Å²) in [5.41, 5.74) is 2.85. The lowest BCUT2D eigenvalue weighted by molar-refractivity contribution is 0.0600. The summed E-state index contributed by atoms with van der Waals surface area (Å²) >= 11 is 0. The summed E-state index contributed by atoms with van der Waals surface area (Å²) in [6, 6.07) is 16.6. The average molecular weight is 397 g/mol. The molecule has 2 aromatic carbocycles. The van der Waals surface area contributed by atoms with Gasteiger partial charge in [0.1, 0.15) is 5.82 Å². The number of esters is 1. The van der Waals surface area contributed by atoms with E-state index in [1.54, 1.807) is 60.7 Å². The number of nitrogens with one attached hydrogen (secondary N) is 2. The van der Waals surface area contributed by atoms with Crippen LogP contribution in [0.4, 0.5) is 17.2 Å². The van der Waals surface area contributed by atoms with Crippen molar-refractivity contribution in [2.45, 2.75) is 11.8 Å². The minimum absolute atomic E-state index is 0.174. The van der Waals surface area contributed by atoms with Crippen LogP contribution >= 0.6 is 0 Å². The Morgan fingerprint density at radius 2 is 1.57 bits per heavy atom. The molecule has 0 spiro atoms. The highest BCUT2D eigenvalue weighted by Crippen LogP contribution is 2.20. The first-order chi connectivity index (χ1) is 13.4. The van der Waals surface area contributed by atoms with Crippen molar-refractivity contribution in [1.29, 1.82) is 0 Å². The first-order valence-corrected chi connectivity index (χ1v) is 9.87. The quantitative estimate of drug-likeness (QED) is 0.615. The van der Waals surface area contributed by atoms with E-state index in [0.29, 0.717) is 11.3 Å². The van der Waals surface area contributed by atoms with Gasteiger partial charge in [-0.3, -0.25) is 4.72 Å². The molecule has 0 amide bonds. The summed E-state index contributed by atoms with van der Waals surface area (Å²) in [4.78, 5) is 15.8. The van der Waals surface area contributed by atoms with Crippen molar-refractivity contribution in [2.75, 3.05) is 17.1 Å². The van der Waals surface area contributed by atoms with E-state index >= 15 is 0 Å². The first kappa shape index (κ1) is 19.4. The highest BCUT2D eigenvalue weighted by atomic mass is 32.2. The third kappa shape index (κ3) is 4.66.